The molecule has 0 aromatic heterocycles. The molecule has 1 aromatic carbocycles. The summed E-state index contributed by atoms with van der Waals surface area (Å²) < 4.78 is 28.5. The molecule has 0 aliphatic carbocycles. The van der Waals surface area contributed by atoms with Gasteiger partial charge in [-0.3, -0.25) is 0 Å². The maximum absolute atomic E-state index is 11.8. The van der Waals surface area contributed by atoms with Crippen LogP contribution in [0.1, 0.15) is 0 Å². The standard InChI is InChI=1S/C8H8F2OS2/c1-11-6-2-4-7(5-3-6)12-13-8(9)10/h2-5,8H,1H3. The molecular weight excluding hydrogens is 214 g/mol. The lowest BCUT2D eigenvalue weighted by molar-refractivity contribution is 0.254. The summed E-state index contributed by atoms with van der Waals surface area (Å²) in [6.45, 7) is 0. The van der Waals surface area contributed by atoms with Crippen LogP contribution in [-0.2, 0) is 0 Å². The van der Waals surface area contributed by atoms with Crippen LogP contribution in [0.2, 0.25) is 0 Å². The Balaban J connectivity index is 2.49. The van der Waals surface area contributed by atoms with Gasteiger partial charge < -0.3 is 4.74 Å². The van der Waals surface area contributed by atoms with Crippen LogP contribution < -0.4 is 4.74 Å². The fraction of sp³-hybridized carbons (Fsp3) is 0.250. The molecule has 1 rings (SSSR count). The summed E-state index contributed by atoms with van der Waals surface area (Å²) >= 11 is 0. The summed E-state index contributed by atoms with van der Waals surface area (Å²) in [4.78, 5) is 0.797. The average Bonchev–Trinajstić information content (AvgIpc) is 2.15. The summed E-state index contributed by atoms with van der Waals surface area (Å²) in [7, 11) is 3.16. The Bertz CT molecular complexity index is 251. The molecule has 1 nitrogen and oxygen atoms in total. The molecule has 13 heavy (non-hydrogen) atoms. The number of hydrogen-bond donors (Lipinski definition) is 0. The van der Waals surface area contributed by atoms with Gasteiger partial charge in [-0.15, -0.1) is 0 Å². The topological polar surface area (TPSA) is 9.23 Å². The first-order valence-corrected chi connectivity index (χ1v) is 5.69. The molecule has 5 heteroatoms. The lowest BCUT2D eigenvalue weighted by atomic mass is 10.3. The number of halogens is 2. The molecule has 0 bridgehead atoms. The number of alkyl halides is 2. The van der Waals surface area contributed by atoms with Gasteiger partial charge >= 0.3 is 0 Å². The van der Waals surface area contributed by atoms with E-state index in [9.17, 15) is 8.78 Å². The second-order valence-corrected chi connectivity index (χ2v) is 4.38. The Kier molecular flexibility index (Phi) is 4.38. The van der Waals surface area contributed by atoms with Crippen molar-refractivity contribution in [3.05, 3.63) is 24.3 Å². The fourth-order valence-corrected chi connectivity index (χ4v) is 2.04. The highest BCUT2D eigenvalue weighted by atomic mass is 33.1. The van der Waals surface area contributed by atoms with E-state index in [0.29, 0.717) is 10.8 Å². The van der Waals surface area contributed by atoms with E-state index < -0.39 is 5.76 Å². The lowest BCUT2D eigenvalue weighted by Crippen LogP contribution is -1.81. The van der Waals surface area contributed by atoms with Crippen LogP contribution in [0.25, 0.3) is 0 Å². The van der Waals surface area contributed by atoms with Crippen LogP contribution in [0.4, 0.5) is 8.78 Å². The fourth-order valence-electron chi connectivity index (χ4n) is 0.723. The Labute approximate surface area is 83.3 Å². The van der Waals surface area contributed by atoms with Crippen molar-refractivity contribution >= 4 is 21.6 Å². The molecule has 72 valence electrons. The largest absolute Gasteiger partial charge is 0.497 e. The number of benzene rings is 1. The van der Waals surface area contributed by atoms with E-state index in [1.807, 2.05) is 0 Å². The zero-order valence-electron chi connectivity index (χ0n) is 6.87. The van der Waals surface area contributed by atoms with E-state index in [2.05, 4.69) is 0 Å². The van der Waals surface area contributed by atoms with E-state index in [0.717, 1.165) is 21.4 Å². The first kappa shape index (κ1) is 10.7. The van der Waals surface area contributed by atoms with Crippen molar-refractivity contribution in [2.75, 3.05) is 7.11 Å². The van der Waals surface area contributed by atoms with E-state index in [1.165, 1.54) is 0 Å². The summed E-state index contributed by atoms with van der Waals surface area (Å²) in [5.41, 5.74) is 0. The number of ether oxygens (including phenoxy) is 1. The second-order valence-electron chi connectivity index (χ2n) is 2.12. The zero-order chi connectivity index (χ0) is 9.68. The Morgan fingerprint density at radius 3 is 2.31 bits per heavy atom. The lowest BCUT2D eigenvalue weighted by Gasteiger charge is -2.01. The molecule has 0 aliphatic heterocycles. The van der Waals surface area contributed by atoms with E-state index >= 15 is 0 Å². The highest BCUT2D eigenvalue weighted by molar-refractivity contribution is 8.76. The third-order valence-corrected chi connectivity index (χ3v) is 3.29. The first-order chi connectivity index (χ1) is 6.22. The smallest absolute Gasteiger partial charge is 0.294 e. The normalized spacial score (nSPS) is 10.5. The predicted molar refractivity (Wildman–Crippen MR) is 52.4 cm³/mol. The Morgan fingerprint density at radius 2 is 1.85 bits per heavy atom. The SMILES string of the molecule is COc1ccc(SSC(F)F)cc1. The number of rotatable bonds is 4. The highest BCUT2D eigenvalue weighted by Gasteiger charge is 2.04. The van der Waals surface area contributed by atoms with Gasteiger partial charge in [0.2, 0.25) is 0 Å². The minimum atomic E-state index is -2.34. The summed E-state index contributed by atoms with van der Waals surface area (Å²) in [6.07, 6.45) is 0. The molecule has 0 saturated heterocycles. The van der Waals surface area contributed by atoms with Gasteiger partial charge in [0.15, 0.2) is 0 Å². The van der Waals surface area contributed by atoms with Gasteiger partial charge in [-0.25, -0.2) is 0 Å². The quantitative estimate of drug-likeness (QED) is 0.719. The molecule has 0 saturated carbocycles. The van der Waals surface area contributed by atoms with E-state index in [-0.39, 0.29) is 0 Å². The molecule has 0 unspecified atom stereocenters. The van der Waals surface area contributed by atoms with Crippen LogP contribution in [0, 0.1) is 0 Å². The van der Waals surface area contributed by atoms with Crippen LogP contribution in [0.3, 0.4) is 0 Å². The van der Waals surface area contributed by atoms with Gasteiger partial charge in [0, 0.05) is 4.90 Å². The molecule has 0 heterocycles. The molecule has 0 aliphatic rings. The zero-order valence-corrected chi connectivity index (χ0v) is 8.50. The third kappa shape index (κ3) is 3.87. The predicted octanol–water partition coefficient (Wildman–Crippen LogP) is 3.66. The molecular formula is C8H8F2OS2. The van der Waals surface area contributed by atoms with Crippen molar-refractivity contribution in [2.45, 2.75) is 10.7 Å². The average molecular weight is 222 g/mol. The maximum Gasteiger partial charge on any atom is 0.294 e. The van der Waals surface area contributed by atoms with Crippen LogP contribution in [0.15, 0.2) is 29.2 Å². The van der Waals surface area contributed by atoms with Gasteiger partial charge in [0.05, 0.1) is 7.11 Å². The van der Waals surface area contributed by atoms with Crippen LogP contribution in [0.5, 0.6) is 5.75 Å². The van der Waals surface area contributed by atoms with Gasteiger partial charge in [0.25, 0.3) is 5.76 Å². The molecule has 0 radical (unpaired) electrons. The van der Waals surface area contributed by atoms with Crippen molar-refractivity contribution in [1.29, 1.82) is 0 Å². The summed E-state index contributed by atoms with van der Waals surface area (Å²) in [5, 5.41) is 0. The number of hydrogen-bond acceptors (Lipinski definition) is 3. The van der Waals surface area contributed by atoms with Crippen molar-refractivity contribution in [3.63, 3.8) is 0 Å². The summed E-state index contributed by atoms with van der Waals surface area (Å²) in [6, 6.07) is 6.99. The maximum atomic E-state index is 11.8. The first-order valence-electron chi connectivity index (χ1n) is 3.48. The van der Waals surface area contributed by atoms with Crippen molar-refractivity contribution in [2.24, 2.45) is 0 Å². The number of methoxy groups -OCH3 is 1. The van der Waals surface area contributed by atoms with Crippen LogP contribution >= 0.6 is 21.6 Å². The molecule has 0 atom stereocenters. The van der Waals surface area contributed by atoms with E-state index in [1.54, 1.807) is 31.4 Å². The molecule has 0 amide bonds. The third-order valence-electron chi connectivity index (χ3n) is 1.28. The summed E-state index contributed by atoms with van der Waals surface area (Å²) in [5.74, 6) is -1.61. The van der Waals surface area contributed by atoms with Crippen molar-refractivity contribution in [1.82, 2.24) is 0 Å². The van der Waals surface area contributed by atoms with Crippen molar-refractivity contribution < 1.29 is 13.5 Å². The van der Waals surface area contributed by atoms with Gasteiger partial charge in [-0.05, 0) is 35.1 Å². The van der Waals surface area contributed by atoms with Crippen molar-refractivity contribution in [3.8, 4) is 5.75 Å². The monoisotopic (exact) mass is 222 g/mol. The van der Waals surface area contributed by atoms with E-state index in [4.69, 9.17) is 4.74 Å². The molecule has 1 aromatic rings. The Morgan fingerprint density at radius 1 is 1.23 bits per heavy atom. The Hall–Kier alpha value is -0.420. The second kappa shape index (κ2) is 5.34. The molecule has 0 spiro atoms. The van der Waals surface area contributed by atoms with Gasteiger partial charge in [-0.2, -0.15) is 8.78 Å². The highest BCUT2D eigenvalue weighted by Crippen LogP contribution is 2.35. The van der Waals surface area contributed by atoms with Gasteiger partial charge in [-0.1, -0.05) is 10.8 Å². The molecule has 0 fully saturated rings. The van der Waals surface area contributed by atoms with Gasteiger partial charge in [0.1, 0.15) is 5.75 Å². The van der Waals surface area contributed by atoms with Crippen LogP contribution in [-0.4, -0.2) is 12.9 Å². The molecule has 0 N–H and O–H groups in total. The minimum absolute atomic E-state index is 0.540. The minimum Gasteiger partial charge on any atom is -0.497 e.